The Kier molecular flexibility index (Phi) is 4.66. The molecule has 1 aliphatic heterocycles. The molecule has 1 aromatic rings. The molecule has 0 bridgehead atoms. The standard InChI is InChI=1S/C12H14INO2.ClH/c1-12(2)7-16-11(15)14-10(12)8-5-3-4-6-9(8)13;/h3-6,10H,7H2,1-2H3,(H,14,15);1H/t10-;/m0./s1. The maximum Gasteiger partial charge on any atom is 0.407 e. The predicted molar refractivity (Wildman–Crippen MR) is 77.4 cm³/mol. The average molecular weight is 368 g/mol. The molecule has 5 heteroatoms. The maximum absolute atomic E-state index is 11.3. The number of alkyl carbamates (subject to hydrolysis) is 1. The van der Waals surface area contributed by atoms with E-state index in [0.717, 1.165) is 5.56 Å². The number of carbonyl (C=O) groups is 1. The van der Waals surface area contributed by atoms with E-state index in [0.29, 0.717) is 6.61 Å². The third-order valence-corrected chi connectivity index (χ3v) is 3.82. The van der Waals surface area contributed by atoms with Crippen molar-refractivity contribution in [1.29, 1.82) is 0 Å². The highest BCUT2D eigenvalue weighted by atomic mass is 127. The van der Waals surface area contributed by atoms with Crippen LogP contribution in [0.15, 0.2) is 24.3 Å². The number of rotatable bonds is 1. The summed E-state index contributed by atoms with van der Waals surface area (Å²) >= 11 is 2.29. The van der Waals surface area contributed by atoms with Crippen LogP contribution < -0.4 is 5.32 Å². The van der Waals surface area contributed by atoms with E-state index in [9.17, 15) is 4.79 Å². The summed E-state index contributed by atoms with van der Waals surface area (Å²) in [7, 11) is 0. The lowest BCUT2D eigenvalue weighted by atomic mass is 9.80. The van der Waals surface area contributed by atoms with Crippen LogP contribution in [0.1, 0.15) is 25.5 Å². The summed E-state index contributed by atoms with van der Waals surface area (Å²) in [5.41, 5.74) is 1.07. The summed E-state index contributed by atoms with van der Waals surface area (Å²) in [6, 6.07) is 8.11. The topological polar surface area (TPSA) is 38.3 Å². The van der Waals surface area contributed by atoms with Gasteiger partial charge in [0.25, 0.3) is 0 Å². The van der Waals surface area contributed by atoms with Crippen molar-refractivity contribution >= 4 is 41.1 Å². The van der Waals surface area contributed by atoms with Crippen LogP contribution in [-0.4, -0.2) is 12.7 Å². The van der Waals surface area contributed by atoms with Gasteiger partial charge in [-0.1, -0.05) is 32.0 Å². The smallest absolute Gasteiger partial charge is 0.407 e. The van der Waals surface area contributed by atoms with Gasteiger partial charge in [-0.2, -0.15) is 0 Å². The zero-order chi connectivity index (χ0) is 11.8. The van der Waals surface area contributed by atoms with Gasteiger partial charge in [-0.05, 0) is 34.2 Å². The van der Waals surface area contributed by atoms with Crippen molar-refractivity contribution in [3.63, 3.8) is 0 Å². The highest BCUT2D eigenvalue weighted by molar-refractivity contribution is 14.1. The minimum atomic E-state index is -0.330. The fourth-order valence-electron chi connectivity index (χ4n) is 1.90. The van der Waals surface area contributed by atoms with E-state index < -0.39 is 0 Å². The monoisotopic (exact) mass is 367 g/mol. The van der Waals surface area contributed by atoms with E-state index in [1.165, 1.54) is 3.57 Å². The van der Waals surface area contributed by atoms with Gasteiger partial charge in [0.05, 0.1) is 6.04 Å². The van der Waals surface area contributed by atoms with Gasteiger partial charge in [-0.3, -0.25) is 0 Å². The van der Waals surface area contributed by atoms with Gasteiger partial charge in [-0.25, -0.2) is 4.79 Å². The maximum atomic E-state index is 11.3. The molecular weight excluding hydrogens is 352 g/mol. The van der Waals surface area contributed by atoms with E-state index in [2.05, 4.69) is 47.8 Å². The molecule has 0 aromatic heterocycles. The van der Waals surface area contributed by atoms with Crippen LogP contribution in [0.4, 0.5) is 4.79 Å². The zero-order valence-electron chi connectivity index (χ0n) is 9.70. The van der Waals surface area contributed by atoms with E-state index in [1.807, 2.05) is 18.2 Å². The van der Waals surface area contributed by atoms with E-state index in [1.54, 1.807) is 0 Å². The minimum absolute atomic E-state index is 0. The van der Waals surface area contributed by atoms with Gasteiger partial charge in [0.1, 0.15) is 6.61 Å². The Labute approximate surface area is 121 Å². The van der Waals surface area contributed by atoms with Crippen LogP contribution >= 0.6 is 35.0 Å². The lowest BCUT2D eigenvalue weighted by Crippen LogP contribution is -2.47. The first-order valence-electron chi connectivity index (χ1n) is 5.18. The Balaban J connectivity index is 0.00000144. The van der Waals surface area contributed by atoms with Crippen molar-refractivity contribution in [2.45, 2.75) is 19.9 Å². The largest absolute Gasteiger partial charge is 0.449 e. The molecule has 1 heterocycles. The summed E-state index contributed by atoms with van der Waals surface area (Å²) < 4.78 is 6.20. The molecule has 0 spiro atoms. The zero-order valence-corrected chi connectivity index (χ0v) is 12.7. The Morgan fingerprint density at radius 1 is 1.41 bits per heavy atom. The third-order valence-electron chi connectivity index (χ3n) is 2.84. The first-order chi connectivity index (χ1) is 7.50. The van der Waals surface area contributed by atoms with Crippen LogP contribution in [0.2, 0.25) is 0 Å². The molecule has 1 saturated heterocycles. The van der Waals surface area contributed by atoms with Crippen molar-refractivity contribution in [1.82, 2.24) is 5.32 Å². The van der Waals surface area contributed by atoms with Crippen molar-refractivity contribution in [2.24, 2.45) is 5.41 Å². The number of benzene rings is 1. The number of cyclic esters (lactones) is 1. The summed E-state index contributed by atoms with van der Waals surface area (Å²) in [6.07, 6.45) is -0.330. The molecule has 1 amide bonds. The van der Waals surface area contributed by atoms with Crippen LogP contribution in [0.5, 0.6) is 0 Å². The quantitative estimate of drug-likeness (QED) is 0.771. The molecule has 0 saturated carbocycles. The molecule has 1 fully saturated rings. The normalized spacial score (nSPS) is 22.1. The van der Waals surface area contributed by atoms with E-state index in [-0.39, 0.29) is 30.0 Å². The third kappa shape index (κ3) is 3.04. The molecule has 0 radical (unpaired) electrons. The van der Waals surface area contributed by atoms with Crippen molar-refractivity contribution in [3.8, 4) is 0 Å². The van der Waals surface area contributed by atoms with Crippen molar-refractivity contribution < 1.29 is 9.53 Å². The molecule has 1 aliphatic rings. The van der Waals surface area contributed by atoms with E-state index >= 15 is 0 Å². The second-order valence-electron chi connectivity index (χ2n) is 4.66. The first kappa shape index (κ1) is 14.6. The molecule has 94 valence electrons. The fourth-order valence-corrected chi connectivity index (χ4v) is 2.60. The number of amides is 1. The van der Waals surface area contributed by atoms with Crippen LogP contribution in [-0.2, 0) is 4.74 Å². The molecule has 1 N–H and O–H groups in total. The average Bonchev–Trinajstić information content (AvgIpc) is 2.23. The fraction of sp³-hybridized carbons (Fsp3) is 0.417. The minimum Gasteiger partial charge on any atom is -0.449 e. The number of hydrogen-bond acceptors (Lipinski definition) is 2. The second kappa shape index (κ2) is 5.44. The van der Waals surface area contributed by atoms with Gasteiger partial charge < -0.3 is 10.1 Å². The molecule has 1 aromatic carbocycles. The second-order valence-corrected chi connectivity index (χ2v) is 5.83. The van der Waals surface area contributed by atoms with Crippen LogP contribution in [0.25, 0.3) is 0 Å². The summed E-state index contributed by atoms with van der Waals surface area (Å²) in [5, 5.41) is 2.90. The molecule has 0 unspecified atom stereocenters. The first-order valence-corrected chi connectivity index (χ1v) is 6.26. The lowest BCUT2D eigenvalue weighted by molar-refractivity contribution is 0.0385. The Bertz CT molecular complexity index is 423. The molecule has 2 rings (SSSR count). The van der Waals surface area contributed by atoms with Crippen molar-refractivity contribution in [3.05, 3.63) is 33.4 Å². The Hall–Kier alpha value is -0.490. The van der Waals surface area contributed by atoms with Gasteiger partial charge >= 0.3 is 6.09 Å². The van der Waals surface area contributed by atoms with Gasteiger partial charge in [-0.15, -0.1) is 12.4 Å². The van der Waals surface area contributed by atoms with Gasteiger partial charge in [0, 0.05) is 8.99 Å². The van der Waals surface area contributed by atoms with E-state index in [4.69, 9.17) is 4.74 Å². The van der Waals surface area contributed by atoms with Crippen LogP contribution in [0, 0.1) is 8.99 Å². The predicted octanol–water partition coefficient (Wildman–Crippen LogP) is 3.52. The number of nitrogens with one attached hydrogen (secondary N) is 1. The van der Waals surface area contributed by atoms with Crippen molar-refractivity contribution in [2.75, 3.05) is 6.61 Å². The lowest BCUT2D eigenvalue weighted by Gasteiger charge is -2.38. The van der Waals surface area contributed by atoms with Gasteiger partial charge in [0.15, 0.2) is 0 Å². The number of halogens is 2. The van der Waals surface area contributed by atoms with Gasteiger partial charge in [0.2, 0.25) is 0 Å². The molecular formula is C12H15ClINO2. The highest BCUT2D eigenvalue weighted by Crippen LogP contribution is 2.37. The molecule has 3 nitrogen and oxygen atoms in total. The summed E-state index contributed by atoms with van der Waals surface area (Å²) in [6.45, 7) is 4.65. The number of ether oxygens (including phenoxy) is 1. The highest BCUT2D eigenvalue weighted by Gasteiger charge is 2.38. The number of hydrogen-bond donors (Lipinski definition) is 1. The summed E-state index contributed by atoms with van der Waals surface area (Å²) in [4.78, 5) is 11.3. The molecule has 1 atom stereocenters. The Morgan fingerprint density at radius 2 is 2.06 bits per heavy atom. The Morgan fingerprint density at radius 3 is 2.71 bits per heavy atom. The van der Waals surface area contributed by atoms with Crippen LogP contribution in [0.3, 0.4) is 0 Å². The SMILES string of the molecule is CC1(C)COC(=O)N[C@H]1c1ccccc1I.Cl. The molecule has 17 heavy (non-hydrogen) atoms. The molecule has 0 aliphatic carbocycles. The number of carbonyl (C=O) groups excluding carboxylic acids is 1. The summed E-state index contributed by atoms with van der Waals surface area (Å²) in [5.74, 6) is 0.